The maximum atomic E-state index is 12.3. The summed E-state index contributed by atoms with van der Waals surface area (Å²) in [6, 6.07) is 3.61. The lowest BCUT2D eigenvalue weighted by Crippen LogP contribution is -2.38. The topological polar surface area (TPSA) is 62.3 Å². The van der Waals surface area contributed by atoms with Gasteiger partial charge in [0.1, 0.15) is 6.54 Å². The van der Waals surface area contributed by atoms with Crippen LogP contribution in [-0.4, -0.2) is 34.8 Å². The third-order valence-corrected chi connectivity index (χ3v) is 4.40. The van der Waals surface area contributed by atoms with Gasteiger partial charge in [0.05, 0.1) is 4.88 Å². The maximum absolute atomic E-state index is 12.3. The summed E-state index contributed by atoms with van der Waals surface area (Å²) in [6.07, 6.45) is 2.52. The zero-order valence-corrected chi connectivity index (χ0v) is 13.6. The Morgan fingerprint density at radius 3 is 2.81 bits per heavy atom. The fourth-order valence-corrected chi connectivity index (χ4v) is 3.19. The van der Waals surface area contributed by atoms with Gasteiger partial charge >= 0.3 is 0 Å². The van der Waals surface area contributed by atoms with E-state index in [2.05, 4.69) is 10.3 Å². The van der Waals surface area contributed by atoms with Gasteiger partial charge < -0.3 is 10.2 Å². The van der Waals surface area contributed by atoms with Crippen LogP contribution in [0.15, 0.2) is 23.7 Å². The molecule has 2 heterocycles. The highest BCUT2D eigenvalue weighted by Crippen LogP contribution is 2.17. The van der Waals surface area contributed by atoms with Crippen LogP contribution < -0.4 is 5.32 Å². The number of anilines is 1. The Kier molecular flexibility index (Phi) is 5.46. The van der Waals surface area contributed by atoms with Crippen LogP contribution in [0.2, 0.25) is 0 Å². The third kappa shape index (κ3) is 4.37. The minimum atomic E-state index is -0.220. The van der Waals surface area contributed by atoms with Gasteiger partial charge in [0.25, 0.3) is 5.91 Å². The van der Waals surface area contributed by atoms with Crippen molar-refractivity contribution in [2.45, 2.75) is 20.3 Å². The number of amides is 2. The van der Waals surface area contributed by atoms with Crippen LogP contribution in [0.25, 0.3) is 0 Å². The molecule has 0 bridgehead atoms. The molecule has 5 nitrogen and oxygen atoms in total. The first kappa shape index (κ1) is 15.7. The lowest BCUT2D eigenvalue weighted by atomic mass is 10.3. The number of carbonyl (C=O) groups is 2. The average Bonchev–Trinajstić information content (AvgIpc) is 3.09. The number of thiazole rings is 1. The lowest BCUT2D eigenvalue weighted by molar-refractivity contribution is -0.116. The van der Waals surface area contributed by atoms with E-state index >= 15 is 0 Å². The van der Waals surface area contributed by atoms with E-state index in [9.17, 15) is 9.59 Å². The minimum Gasteiger partial charge on any atom is -0.329 e. The summed E-state index contributed by atoms with van der Waals surface area (Å²) in [7, 11) is 0. The number of hydrogen-bond acceptors (Lipinski definition) is 5. The van der Waals surface area contributed by atoms with Crippen LogP contribution in [0.1, 0.15) is 27.9 Å². The van der Waals surface area contributed by atoms with Gasteiger partial charge in [-0.2, -0.15) is 0 Å². The predicted octanol–water partition coefficient (Wildman–Crippen LogP) is 3.00. The van der Waals surface area contributed by atoms with Crippen LogP contribution in [0, 0.1) is 6.92 Å². The summed E-state index contributed by atoms with van der Waals surface area (Å²) < 4.78 is 0. The standard InChI is InChI=1S/C14H17N3O2S2/c1-3-6-17(13(19)11-5-4-7-20-11)9-12(18)16-14-15-8-10(2)21-14/h4-5,7-8H,3,6,9H2,1-2H3,(H,15,16,18). The van der Waals surface area contributed by atoms with Gasteiger partial charge in [-0.3, -0.25) is 9.59 Å². The molecule has 0 aliphatic carbocycles. The van der Waals surface area contributed by atoms with E-state index in [0.29, 0.717) is 16.6 Å². The molecule has 112 valence electrons. The molecule has 0 aromatic carbocycles. The molecule has 0 saturated heterocycles. The Morgan fingerprint density at radius 1 is 1.43 bits per heavy atom. The van der Waals surface area contributed by atoms with E-state index in [1.54, 1.807) is 17.2 Å². The number of aryl methyl sites for hydroxylation is 1. The molecule has 0 aliphatic heterocycles. The molecule has 0 unspecified atom stereocenters. The number of nitrogens with zero attached hydrogens (tertiary/aromatic N) is 2. The van der Waals surface area contributed by atoms with Crippen molar-refractivity contribution in [3.63, 3.8) is 0 Å². The van der Waals surface area contributed by atoms with Crippen molar-refractivity contribution in [3.8, 4) is 0 Å². The summed E-state index contributed by atoms with van der Waals surface area (Å²) in [5.41, 5.74) is 0. The first-order chi connectivity index (χ1) is 10.1. The van der Waals surface area contributed by atoms with E-state index in [4.69, 9.17) is 0 Å². The van der Waals surface area contributed by atoms with Gasteiger partial charge in [-0.25, -0.2) is 4.98 Å². The van der Waals surface area contributed by atoms with E-state index < -0.39 is 0 Å². The monoisotopic (exact) mass is 323 g/mol. The Hall–Kier alpha value is -1.73. The van der Waals surface area contributed by atoms with E-state index in [0.717, 1.165) is 11.3 Å². The Labute approximate surface area is 131 Å². The van der Waals surface area contributed by atoms with E-state index in [1.807, 2.05) is 25.3 Å². The molecule has 1 N–H and O–H groups in total. The number of aromatic nitrogens is 1. The maximum Gasteiger partial charge on any atom is 0.264 e. The van der Waals surface area contributed by atoms with Crippen molar-refractivity contribution in [1.29, 1.82) is 0 Å². The summed E-state index contributed by atoms with van der Waals surface area (Å²) in [5, 5.41) is 5.15. The molecule has 0 fully saturated rings. The first-order valence-electron chi connectivity index (χ1n) is 6.65. The predicted molar refractivity (Wildman–Crippen MR) is 86.0 cm³/mol. The fourth-order valence-electron chi connectivity index (χ4n) is 1.82. The van der Waals surface area contributed by atoms with Crippen molar-refractivity contribution in [2.24, 2.45) is 0 Å². The zero-order chi connectivity index (χ0) is 15.2. The molecule has 2 rings (SSSR count). The van der Waals surface area contributed by atoms with Crippen LogP contribution >= 0.6 is 22.7 Å². The van der Waals surface area contributed by atoms with Crippen LogP contribution in [0.4, 0.5) is 5.13 Å². The van der Waals surface area contributed by atoms with Gasteiger partial charge in [-0.1, -0.05) is 13.0 Å². The highest BCUT2D eigenvalue weighted by molar-refractivity contribution is 7.15. The molecule has 2 aromatic heterocycles. The zero-order valence-electron chi connectivity index (χ0n) is 12.0. The molecular weight excluding hydrogens is 306 g/mol. The van der Waals surface area contributed by atoms with Crippen molar-refractivity contribution >= 4 is 39.6 Å². The van der Waals surface area contributed by atoms with Crippen LogP contribution in [0.5, 0.6) is 0 Å². The number of carbonyl (C=O) groups excluding carboxylic acids is 2. The third-order valence-electron chi connectivity index (χ3n) is 2.71. The Morgan fingerprint density at radius 2 is 2.24 bits per heavy atom. The van der Waals surface area contributed by atoms with Crippen LogP contribution in [-0.2, 0) is 4.79 Å². The molecule has 0 saturated carbocycles. The molecule has 2 aromatic rings. The molecule has 21 heavy (non-hydrogen) atoms. The smallest absolute Gasteiger partial charge is 0.264 e. The summed E-state index contributed by atoms with van der Waals surface area (Å²) in [6.45, 7) is 4.51. The Bertz CT molecular complexity index is 608. The highest BCUT2D eigenvalue weighted by Gasteiger charge is 2.19. The van der Waals surface area contributed by atoms with E-state index in [-0.39, 0.29) is 18.4 Å². The molecule has 0 spiro atoms. The molecular formula is C14H17N3O2S2. The van der Waals surface area contributed by atoms with E-state index in [1.165, 1.54) is 22.7 Å². The van der Waals surface area contributed by atoms with Crippen LogP contribution in [0.3, 0.4) is 0 Å². The van der Waals surface area contributed by atoms with Gasteiger partial charge in [0.2, 0.25) is 5.91 Å². The normalized spacial score (nSPS) is 10.4. The number of thiophene rings is 1. The molecule has 0 radical (unpaired) electrons. The molecule has 0 atom stereocenters. The highest BCUT2D eigenvalue weighted by atomic mass is 32.1. The largest absolute Gasteiger partial charge is 0.329 e. The first-order valence-corrected chi connectivity index (χ1v) is 8.35. The molecule has 0 aliphatic rings. The molecule has 2 amide bonds. The van der Waals surface area contributed by atoms with Crippen molar-refractivity contribution in [1.82, 2.24) is 9.88 Å². The quantitative estimate of drug-likeness (QED) is 0.889. The second-order valence-corrected chi connectivity index (χ2v) is 6.71. The van der Waals surface area contributed by atoms with Crippen molar-refractivity contribution in [3.05, 3.63) is 33.5 Å². The summed E-state index contributed by atoms with van der Waals surface area (Å²) in [4.78, 5) is 31.7. The number of hydrogen-bond donors (Lipinski definition) is 1. The average molecular weight is 323 g/mol. The summed E-state index contributed by atoms with van der Waals surface area (Å²) >= 11 is 2.80. The number of rotatable bonds is 6. The van der Waals surface area contributed by atoms with Gasteiger partial charge in [0, 0.05) is 17.6 Å². The number of nitrogens with one attached hydrogen (secondary N) is 1. The van der Waals surface area contributed by atoms with Gasteiger partial charge in [-0.05, 0) is 24.8 Å². The fraction of sp³-hybridized carbons (Fsp3) is 0.357. The summed E-state index contributed by atoms with van der Waals surface area (Å²) in [5.74, 6) is -0.319. The molecule has 7 heteroatoms. The van der Waals surface area contributed by atoms with Crippen molar-refractivity contribution < 1.29 is 9.59 Å². The second kappa shape index (κ2) is 7.33. The lowest BCUT2D eigenvalue weighted by Gasteiger charge is -2.20. The minimum absolute atomic E-state index is 0.0448. The second-order valence-electron chi connectivity index (χ2n) is 4.53. The van der Waals surface area contributed by atoms with Gasteiger partial charge in [-0.15, -0.1) is 22.7 Å². The SMILES string of the molecule is CCCN(CC(=O)Nc1ncc(C)s1)C(=O)c1cccs1. The van der Waals surface area contributed by atoms with Gasteiger partial charge in [0.15, 0.2) is 5.13 Å². The Balaban J connectivity index is 1.98. The van der Waals surface area contributed by atoms with Crippen molar-refractivity contribution in [2.75, 3.05) is 18.4 Å².